The lowest BCUT2D eigenvalue weighted by Crippen LogP contribution is -2.12. The van der Waals surface area contributed by atoms with Gasteiger partial charge in [-0.1, -0.05) is 6.07 Å². The number of primary amides is 1. The van der Waals surface area contributed by atoms with Gasteiger partial charge in [-0.05, 0) is 36.8 Å². The van der Waals surface area contributed by atoms with E-state index < -0.39 is 5.91 Å². The molecular weight excluding hydrogens is 366 g/mol. The van der Waals surface area contributed by atoms with Crippen molar-refractivity contribution in [2.24, 2.45) is 18.5 Å². The first-order chi connectivity index (χ1) is 13.9. The molecule has 0 atom stereocenters. The monoisotopic (exact) mass is 387 g/mol. The predicted molar refractivity (Wildman–Crippen MR) is 112 cm³/mol. The molecule has 7 heteroatoms. The highest BCUT2D eigenvalue weighted by atomic mass is 16.5. The van der Waals surface area contributed by atoms with E-state index in [1.807, 2.05) is 62.6 Å². The molecule has 2 aromatic heterocycles. The summed E-state index contributed by atoms with van der Waals surface area (Å²) in [6.07, 6.45) is 1.81. The molecule has 4 rings (SSSR count). The number of rotatable bonds is 5. The molecule has 0 radical (unpaired) electrons. The Labute approximate surface area is 167 Å². The number of amides is 1. The van der Waals surface area contributed by atoms with Crippen LogP contribution in [0.2, 0.25) is 0 Å². The highest BCUT2D eigenvalue weighted by Crippen LogP contribution is 2.30. The third-order valence-electron chi connectivity index (χ3n) is 4.80. The topological polar surface area (TPSA) is 109 Å². The molecule has 0 aliphatic rings. The van der Waals surface area contributed by atoms with Crippen LogP contribution in [0, 0.1) is 6.92 Å². The van der Waals surface area contributed by atoms with Gasteiger partial charge in [0.1, 0.15) is 11.5 Å². The number of ether oxygens (including phenoxy) is 1. The van der Waals surface area contributed by atoms with E-state index in [1.54, 1.807) is 10.7 Å². The third-order valence-corrected chi connectivity index (χ3v) is 4.80. The standard InChI is InChI=1S/C22H21N5O2/c1-13-7-14(4-6-19(13)22(24)28)20-9-18(8-16(11-23)26-20)29-17-5-3-15-12-25-27(2)21(15)10-17/h3-10,12H,11,23H2,1-2H3,(H2,24,28). The highest BCUT2D eigenvalue weighted by molar-refractivity contribution is 5.94. The molecule has 29 heavy (non-hydrogen) atoms. The largest absolute Gasteiger partial charge is 0.457 e. The SMILES string of the molecule is Cc1cc(-c2cc(Oc3ccc4cnn(C)c4c3)cc(CN)n2)ccc1C(N)=O. The first-order valence-electron chi connectivity index (χ1n) is 9.16. The normalized spacial score (nSPS) is 11.0. The smallest absolute Gasteiger partial charge is 0.248 e. The van der Waals surface area contributed by atoms with E-state index in [0.717, 1.165) is 22.0 Å². The molecule has 0 aliphatic heterocycles. The number of fused-ring (bicyclic) bond motifs is 1. The fraction of sp³-hybridized carbons (Fsp3) is 0.136. The molecule has 1 amide bonds. The summed E-state index contributed by atoms with van der Waals surface area (Å²) in [5.74, 6) is 0.877. The summed E-state index contributed by atoms with van der Waals surface area (Å²) < 4.78 is 7.90. The van der Waals surface area contributed by atoms with Crippen molar-refractivity contribution in [1.82, 2.24) is 14.8 Å². The molecule has 0 spiro atoms. The van der Waals surface area contributed by atoms with Crippen molar-refractivity contribution in [3.63, 3.8) is 0 Å². The quantitative estimate of drug-likeness (QED) is 0.546. The van der Waals surface area contributed by atoms with Gasteiger partial charge in [0.25, 0.3) is 0 Å². The summed E-state index contributed by atoms with van der Waals surface area (Å²) >= 11 is 0. The predicted octanol–water partition coefficient (Wildman–Crippen LogP) is 3.29. The maximum Gasteiger partial charge on any atom is 0.248 e. The number of pyridine rings is 1. The van der Waals surface area contributed by atoms with Gasteiger partial charge in [-0.2, -0.15) is 5.10 Å². The van der Waals surface area contributed by atoms with Crippen LogP contribution in [0.1, 0.15) is 21.6 Å². The van der Waals surface area contributed by atoms with Crippen LogP contribution < -0.4 is 16.2 Å². The zero-order valence-electron chi connectivity index (χ0n) is 16.2. The van der Waals surface area contributed by atoms with E-state index in [-0.39, 0.29) is 6.54 Å². The molecular formula is C22H21N5O2. The number of carbonyl (C=O) groups is 1. The summed E-state index contributed by atoms with van der Waals surface area (Å²) in [6.45, 7) is 2.13. The molecule has 4 N–H and O–H groups in total. The second kappa shape index (κ2) is 7.37. The number of carbonyl (C=O) groups excluding carboxylic acids is 1. The zero-order valence-corrected chi connectivity index (χ0v) is 16.2. The number of nitrogens with zero attached hydrogens (tertiary/aromatic N) is 3. The fourth-order valence-corrected chi connectivity index (χ4v) is 3.29. The molecule has 0 unspecified atom stereocenters. The van der Waals surface area contributed by atoms with Gasteiger partial charge in [0.15, 0.2) is 0 Å². The molecule has 0 saturated carbocycles. The van der Waals surface area contributed by atoms with Crippen LogP contribution in [-0.2, 0) is 13.6 Å². The average molecular weight is 387 g/mol. The Morgan fingerprint density at radius 1 is 1.10 bits per heavy atom. The van der Waals surface area contributed by atoms with Crippen LogP contribution in [0.15, 0.2) is 54.7 Å². The van der Waals surface area contributed by atoms with Gasteiger partial charge in [0.2, 0.25) is 5.91 Å². The Bertz CT molecular complexity index is 1230. The Hall–Kier alpha value is -3.71. The van der Waals surface area contributed by atoms with Crippen molar-refractivity contribution in [3.8, 4) is 22.8 Å². The molecule has 0 bridgehead atoms. The minimum atomic E-state index is -0.452. The Kier molecular flexibility index (Phi) is 4.74. The van der Waals surface area contributed by atoms with E-state index in [2.05, 4.69) is 10.1 Å². The van der Waals surface area contributed by atoms with E-state index in [4.69, 9.17) is 16.2 Å². The summed E-state index contributed by atoms with van der Waals surface area (Å²) in [7, 11) is 1.89. The van der Waals surface area contributed by atoms with Crippen molar-refractivity contribution < 1.29 is 9.53 Å². The summed E-state index contributed by atoms with van der Waals surface area (Å²) in [5.41, 5.74) is 15.8. The van der Waals surface area contributed by atoms with Crippen molar-refractivity contribution >= 4 is 16.8 Å². The lowest BCUT2D eigenvalue weighted by atomic mass is 10.0. The maximum atomic E-state index is 11.5. The van der Waals surface area contributed by atoms with Gasteiger partial charge in [-0.3, -0.25) is 14.5 Å². The van der Waals surface area contributed by atoms with Crippen LogP contribution in [0.3, 0.4) is 0 Å². The molecule has 0 fully saturated rings. The summed E-state index contributed by atoms with van der Waals surface area (Å²) in [5, 5.41) is 5.30. The molecule has 0 saturated heterocycles. The van der Waals surface area contributed by atoms with Gasteiger partial charge in [-0.25, -0.2) is 0 Å². The minimum absolute atomic E-state index is 0.281. The molecule has 7 nitrogen and oxygen atoms in total. The summed E-state index contributed by atoms with van der Waals surface area (Å²) in [4.78, 5) is 16.1. The molecule has 4 aromatic rings. The maximum absolute atomic E-state index is 11.5. The number of hydrogen-bond donors (Lipinski definition) is 2. The number of nitrogens with two attached hydrogens (primary N) is 2. The summed E-state index contributed by atoms with van der Waals surface area (Å²) in [6, 6.07) is 14.9. The van der Waals surface area contributed by atoms with E-state index in [9.17, 15) is 4.79 Å². The van der Waals surface area contributed by atoms with E-state index >= 15 is 0 Å². The van der Waals surface area contributed by atoms with Crippen LogP contribution in [-0.4, -0.2) is 20.7 Å². The number of aromatic nitrogens is 3. The zero-order chi connectivity index (χ0) is 20.5. The van der Waals surface area contributed by atoms with Crippen LogP contribution >= 0.6 is 0 Å². The molecule has 2 heterocycles. The van der Waals surface area contributed by atoms with Crippen molar-refractivity contribution in [3.05, 3.63) is 71.5 Å². The Balaban J connectivity index is 1.72. The van der Waals surface area contributed by atoms with E-state index in [1.165, 1.54) is 0 Å². The lowest BCUT2D eigenvalue weighted by molar-refractivity contribution is 0.0999. The van der Waals surface area contributed by atoms with Crippen molar-refractivity contribution in [2.75, 3.05) is 0 Å². The second-order valence-electron chi connectivity index (χ2n) is 6.87. The van der Waals surface area contributed by atoms with Gasteiger partial charge < -0.3 is 16.2 Å². The van der Waals surface area contributed by atoms with E-state index in [0.29, 0.717) is 28.5 Å². The van der Waals surface area contributed by atoms with Crippen LogP contribution in [0.25, 0.3) is 22.2 Å². The van der Waals surface area contributed by atoms with Gasteiger partial charge in [0.05, 0.1) is 23.1 Å². The number of benzene rings is 2. The Morgan fingerprint density at radius 3 is 2.66 bits per heavy atom. The van der Waals surface area contributed by atoms with Gasteiger partial charge in [0, 0.05) is 48.3 Å². The van der Waals surface area contributed by atoms with Crippen LogP contribution in [0.4, 0.5) is 0 Å². The molecule has 2 aromatic carbocycles. The number of hydrogen-bond acceptors (Lipinski definition) is 5. The first kappa shape index (κ1) is 18.6. The van der Waals surface area contributed by atoms with Gasteiger partial charge >= 0.3 is 0 Å². The van der Waals surface area contributed by atoms with Gasteiger partial charge in [-0.15, -0.1) is 0 Å². The van der Waals surface area contributed by atoms with Crippen molar-refractivity contribution in [2.45, 2.75) is 13.5 Å². The molecule has 146 valence electrons. The third kappa shape index (κ3) is 3.68. The second-order valence-corrected chi connectivity index (χ2v) is 6.87. The minimum Gasteiger partial charge on any atom is -0.457 e. The Morgan fingerprint density at radius 2 is 1.93 bits per heavy atom. The van der Waals surface area contributed by atoms with Crippen LogP contribution in [0.5, 0.6) is 11.5 Å². The first-order valence-corrected chi connectivity index (χ1v) is 9.16. The average Bonchev–Trinajstić information content (AvgIpc) is 3.07. The lowest BCUT2D eigenvalue weighted by Gasteiger charge is -2.11. The highest BCUT2D eigenvalue weighted by Gasteiger charge is 2.11. The molecule has 0 aliphatic carbocycles. The fourth-order valence-electron chi connectivity index (χ4n) is 3.29. The number of aryl methyl sites for hydroxylation is 2. The van der Waals surface area contributed by atoms with Crippen molar-refractivity contribution in [1.29, 1.82) is 0 Å².